The summed E-state index contributed by atoms with van der Waals surface area (Å²) in [6.45, 7) is 1.90. The number of para-hydroxylation sites is 2. The number of nitrogens with zero attached hydrogens (tertiary/aromatic N) is 3. The number of hydrogen-bond donors (Lipinski definition) is 2. The van der Waals surface area contributed by atoms with E-state index in [2.05, 4.69) is 25.5 Å². The second-order valence-corrected chi connectivity index (χ2v) is 4.13. The molecule has 2 N–H and O–H groups in total. The van der Waals surface area contributed by atoms with Gasteiger partial charge in [-0.15, -0.1) is 0 Å². The summed E-state index contributed by atoms with van der Waals surface area (Å²) in [7, 11) is 0. The number of anilines is 1. The molecular weight excluding hydrogens is 238 g/mol. The highest BCUT2D eigenvalue weighted by Gasteiger charge is 2.01. The predicted molar refractivity (Wildman–Crippen MR) is 76.2 cm³/mol. The van der Waals surface area contributed by atoms with Crippen molar-refractivity contribution in [3.8, 4) is 0 Å². The first-order valence-electron chi connectivity index (χ1n) is 5.99. The van der Waals surface area contributed by atoms with Crippen LogP contribution in [0.2, 0.25) is 0 Å². The van der Waals surface area contributed by atoms with Crippen molar-refractivity contribution < 1.29 is 0 Å². The van der Waals surface area contributed by atoms with E-state index >= 15 is 0 Å². The Bertz CT molecular complexity index is 682. The number of rotatable bonds is 3. The smallest absolute Gasteiger partial charge is 0.222 e. The fourth-order valence-electron chi connectivity index (χ4n) is 1.78. The lowest BCUT2D eigenvalue weighted by Crippen LogP contribution is -2.02. The molecule has 2 heterocycles. The molecule has 0 aliphatic heterocycles. The lowest BCUT2D eigenvalue weighted by atomic mass is 10.3. The van der Waals surface area contributed by atoms with Crippen LogP contribution >= 0.6 is 0 Å². The van der Waals surface area contributed by atoms with Gasteiger partial charge in [-0.05, 0) is 31.2 Å². The van der Waals surface area contributed by atoms with E-state index in [0.29, 0.717) is 5.95 Å². The maximum absolute atomic E-state index is 4.38. The van der Waals surface area contributed by atoms with Gasteiger partial charge >= 0.3 is 0 Å². The van der Waals surface area contributed by atoms with Crippen molar-refractivity contribution in [2.75, 3.05) is 5.43 Å². The number of benzene rings is 1. The van der Waals surface area contributed by atoms with Crippen LogP contribution in [0, 0.1) is 0 Å². The van der Waals surface area contributed by atoms with E-state index in [0.717, 1.165) is 22.4 Å². The van der Waals surface area contributed by atoms with Gasteiger partial charge in [0.1, 0.15) is 0 Å². The Morgan fingerprint density at radius 1 is 1.16 bits per heavy atom. The van der Waals surface area contributed by atoms with Crippen LogP contribution in [0.1, 0.15) is 12.6 Å². The second-order valence-electron chi connectivity index (χ2n) is 4.13. The third kappa shape index (κ3) is 2.44. The maximum Gasteiger partial charge on any atom is 0.222 e. The molecule has 0 amide bonds. The fourth-order valence-corrected chi connectivity index (χ4v) is 1.78. The highest BCUT2D eigenvalue weighted by molar-refractivity contribution is 5.97. The van der Waals surface area contributed by atoms with E-state index in [9.17, 15) is 0 Å². The SMILES string of the molecule is C/C(=N/Nc1nc2ccccc2[nH]1)c1ccccn1. The molecule has 0 saturated carbocycles. The van der Waals surface area contributed by atoms with Crippen molar-refractivity contribution in [3.63, 3.8) is 0 Å². The molecule has 0 aliphatic rings. The van der Waals surface area contributed by atoms with Crippen LogP contribution in [0.15, 0.2) is 53.8 Å². The summed E-state index contributed by atoms with van der Waals surface area (Å²) in [4.78, 5) is 11.8. The van der Waals surface area contributed by atoms with E-state index in [4.69, 9.17) is 0 Å². The molecule has 0 fully saturated rings. The van der Waals surface area contributed by atoms with Crippen LogP contribution in [0.5, 0.6) is 0 Å². The summed E-state index contributed by atoms with van der Waals surface area (Å²) < 4.78 is 0. The zero-order chi connectivity index (χ0) is 13.1. The number of nitrogens with one attached hydrogen (secondary N) is 2. The zero-order valence-electron chi connectivity index (χ0n) is 10.5. The van der Waals surface area contributed by atoms with E-state index in [1.165, 1.54) is 0 Å². The Hall–Kier alpha value is -2.69. The minimum atomic E-state index is 0.622. The molecule has 0 aliphatic carbocycles. The van der Waals surface area contributed by atoms with Crippen LogP contribution in [-0.4, -0.2) is 20.7 Å². The Balaban J connectivity index is 1.82. The monoisotopic (exact) mass is 251 g/mol. The molecule has 0 atom stereocenters. The van der Waals surface area contributed by atoms with Crippen LogP contribution in [0.4, 0.5) is 5.95 Å². The number of fused-ring (bicyclic) bond motifs is 1. The Morgan fingerprint density at radius 3 is 2.79 bits per heavy atom. The fraction of sp³-hybridized carbons (Fsp3) is 0.0714. The average molecular weight is 251 g/mol. The van der Waals surface area contributed by atoms with Gasteiger partial charge in [0.15, 0.2) is 0 Å². The number of aromatic amines is 1. The van der Waals surface area contributed by atoms with Gasteiger partial charge in [-0.3, -0.25) is 4.98 Å². The topological polar surface area (TPSA) is 66.0 Å². The van der Waals surface area contributed by atoms with Gasteiger partial charge in [0.25, 0.3) is 0 Å². The summed E-state index contributed by atoms with van der Waals surface area (Å²) >= 11 is 0. The van der Waals surface area contributed by atoms with E-state index < -0.39 is 0 Å². The van der Waals surface area contributed by atoms with Crippen molar-refractivity contribution in [2.45, 2.75) is 6.92 Å². The summed E-state index contributed by atoms with van der Waals surface area (Å²) in [5.41, 5.74) is 6.45. The van der Waals surface area contributed by atoms with Gasteiger partial charge < -0.3 is 4.98 Å². The van der Waals surface area contributed by atoms with Crippen LogP contribution in [0.25, 0.3) is 11.0 Å². The molecule has 5 nitrogen and oxygen atoms in total. The number of hydrazone groups is 1. The van der Waals surface area contributed by atoms with Crippen molar-refractivity contribution >= 4 is 22.7 Å². The number of imidazole rings is 1. The highest BCUT2D eigenvalue weighted by atomic mass is 15.4. The molecule has 0 radical (unpaired) electrons. The molecule has 2 aromatic heterocycles. The Kier molecular flexibility index (Phi) is 2.94. The predicted octanol–water partition coefficient (Wildman–Crippen LogP) is 2.79. The van der Waals surface area contributed by atoms with E-state index in [1.54, 1.807) is 6.20 Å². The van der Waals surface area contributed by atoms with Crippen LogP contribution < -0.4 is 5.43 Å². The summed E-state index contributed by atoms with van der Waals surface area (Å²) in [5.74, 6) is 0.622. The van der Waals surface area contributed by atoms with Gasteiger partial charge in [0.05, 0.1) is 22.4 Å². The first-order chi connectivity index (χ1) is 9.33. The number of hydrogen-bond acceptors (Lipinski definition) is 4. The summed E-state index contributed by atoms with van der Waals surface area (Å²) in [5, 5.41) is 4.27. The van der Waals surface area contributed by atoms with Gasteiger partial charge in [-0.25, -0.2) is 10.4 Å². The highest BCUT2D eigenvalue weighted by Crippen LogP contribution is 2.13. The normalized spacial score (nSPS) is 11.7. The first kappa shape index (κ1) is 11.4. The average Bonchev–Trinajstić information content (AvgIpc) is 2.88. The van der Waals surface area contributed by atoms with Crippen molar-refractivity contribution in [3.05, 3.63) is 54.4 Å². The van der Waals surface area contributed by atoms with Gasteiger partial charge in [-0.2, -0.15) is 5.10 Å². The second kappa shape index (κ2) is 4.89. The standard InChI is InChI=1S/C14H13N5/c1-10(11-6-4-5-9-15-11)18-19-14-16-12-7-2-3-8-13(12)17-14/h2-9H,1H3,(H2,16,17,19)/b18-10-. The lowest BCUT2D eigenvalue weighted by molar-refractivity contribution is 1.19. The molecule has 0 unspecified atom stereocenters. The molecule has 0 saturated heterocycles. The third-order valence-electron chi connectivity index (χ3n) is 2.75. The van der Waals surface area contributed by atoms with Crippen molar-refractivity contribution in [1.29, 1.82) is 0 Å². The Labute approximate surface area is 110 Å². The van der Waals surface area contributed by atoms with Crippen LogP contribution in [0.3, 0.4) is 0 Å². The largest absolute Gasteiger partial charge is 0.323 e. The van der Waals surface area contributed by atoms with E-state index in [1.807, 2.05) is 49.4 Å². The minimum Gasteiger partial charge on any atom is -0.323 e. The van der Waals surface area contributed by atoms with Crippen LogP contribution in [-0.2, 0) is 0 Å². The molecule has 1 aromatic carbocycles. The molecule has 3 rings (SSSR count). The number of pyridine rings is 1. The third-order valence-corrected chi connectivity index (χ3v) is 2.75. The number of H-pyrrole nitrogens is 1. The molecular formula is C14H13N5. The van der Waals surface area contributed by atoms with Crippen molar-refractivity contribution in [2.24, 2.45) is 5.10 Å². The lowest BCUT2D eigenvalue weighted by Gasteiger charge is -1.99. The molecule has 0 bridgehead atoms. The minimum absolute atomic E-state index is 0.622. The molecule has 5 heteroatoms. The van der Waals surface area contributed by atoms with Gasteiger partial charge in [0, 0.05) is 6.20 Å². The zero-order valence-corrected chi connectivity index (χ0v) is 10.5. The maximum atomic E-state index is 4.38. The Morgan fingerprint density at radius 2 is 2.00 bits per heavy atom. The summed E-state index contributed by atoms with van der Waals surface area (Å²) in [6, 6.07) is 13.6. The summed E-state index contributed by atoms with van der Waals surface area (Å²) in [6.07, 6.45) is 1.75. The molecule has 19 heavy (non-hydrogen) atoms. The van der Waals surface area contributed by atoms with Gasteiger partial charge in [-0.1, -0.05) is 18.2 Å². The quantitative estimate of drug-likeness (QED) is 0.555. The molecule has 0 spiro atoms. The van der Waals surface area contributed by atoms with Gasteiger partial charge in [0.2, 0.25) is 5.95 Å². The van der Waals surface area contributed by atoms with E-state index in [-0.39, 0.29) is 0 Å². The first-order valence-corrected chi connectivity index (χ1v) is 5.99. The molecule has 94 valence electrons. The molecule has 3 aromatic rings. The van der Waals surface area contributed by atoms with Crippen molar-refractivity contribution in [1.82, 2.24) is 15.0 Å². The number of aromatic nitrogens is 3.